The number of aromatic nitrogens is 4. The summed E-state index contributed by atoms with van der Waals surface area (Å²) in [7, 11) is 0. The summed E-state index contributed by atoms with van der Waals surface area (Å²) in [5, 5.41) is 14.9. The lowest BCUT2D eigenvalue weighted by molar-refractivity contribution is 0.912. The smallest absolute Gasteiger partial charge is 0.227 e. The number of guanidine groups is 1. The molecule has 3 aromatic carbocycles. The molecule has 0 bridgehead atoms. The first-order valence-electron chi connectivity index (χ1n) is 12.0. The maximum atomic E-state index is 6.21. The highest BCUT2D eigenvalue weighted by Gasteiger charge is 2.18. The molecule has 37 heavy (non-hydrogen) atoms. The van der Waals surface area contributed by atoms with Gasteiger partial charge in [0.05, 0.1) is 22.8 Å². The Hall–Kier alpha value is -5.11. The van der Waals surface area contributed by atoms with Crippen molar-refractivity contribution in [2.24, 2.45) is 10.7 Å². The van der Waals surface area contributed by atoms with E-state index in [1.807, 2.05) is 72.9 Å². The van der Waals surface area contributed by atoms with Gasteiger partial charge in [0, 0.05) is 17.3 Å². The average molecular weight is 485 g/mol. The van der Waals surface area contributed by atoms with Crippen molar-refractivity contribution in [3.63, 3.8) is 0 Å². The van der Waals surface area contributed by atoms with Crippen LogP contribution >= 0.6 is 0 Å². The van der Waals surface area contributed by atoms with Gasteiger partial charge in [-0.1, -0.05) is 66.7 Å². The minimum atomic E-state index is 0.191. The van der Waals surface area contributed by atoms with Crippen LogP contribution in [0.2, 0.25) is 0 Å². The number of hydrogen-bond acceptors (Lipinski definition) is 6. The number of aliphatic imine (C=N–C) groups is 1. The molecule has 2 heterocycles. The Morgan fingerprint density at radius 2 is 1.51 bits per heavy atom. The number of anilines is 3. The molecule has 0 spiro atoms. The van der Waals surface area contributed by atoms with Gasteiger partial charge in [0.25, 0.3) is 0 Å². The Morgan fingerprint density at radius 1 is 0.757 bits per heavy atom. The Kier molecular flexibility index (Phi) is 5.96. The van der Waals surface area contributed by atoms with Gasteiger partial charge in [0.15, 0.2) is 11.8 Å². The number of para-hydroxylation sites is 2. The summed E-state index contributed by atoms with van der Waals surface area (Å²) in [5.74, 6) is 1.12. The highest BCUT2D eigenvalue weighted by molar-refractivity contribution is 5.97. The number of aryl methyl sites for hydroxylation is 2. The number of nitrogens with one attached hydrogen (secondary N) is 2. The summed E-state index contributed by atoms with van der Waals surface area (Å²) >= 11 is 0. The Balaban J connectivity index is 1.21. The van der Waals surface area contributed by atoms with Gasteiger partial charge in [-0.05, 0) is 48.2 Å². The van der Waals surface area contributed by atoms with Crippen molar-refractivity contribution in [1.29, 1.82) is 0 Å². The number of benzene rings is 3. The minimum absolute atomic E-state index is 0.191. The van der Waals surface area contributed by atoms with Crippen LogP contribution in [0.25, 0.3) is 22.5 Å². The fourth-order valence-corrected chi connectivity index (χ4v) is 4.38. The van der Waals surface area contributed by atoms with Crippen LogP contribution in [0.5, 0.6) is 0 Å². The minimum Gasteiger partial charge on any atom is -0.369 e. The van der Waals surface area contributed by atoms with Crippen molar-refractivity contribution in [3.8, 4) is 22.5 Å². The highest BCUT2D eigenvalue weighted by Crippen LogP contribution is 2.33. The van der Waals surface area contributed by atoms with Gasteiger partial charge in [-0.15, -0.1) is 10.2 Å². The van der Waals surface area contributed by atoms with Gasteiger partial charge in [-0.2, -0.15) is 4.99 Å². The first-order valence-corrected chi connectivity index (χ1v) is 12.0. The number of nitrogens with two attached hydrogens (primary N) is 1. The zero-order chi connectivity index (χ0) is 25.0. The molecule has 180 valence electrons. The van der Waals surface area contributed by atoms with E-state index in [2.05, 4.69) is 49.0 Å². The van der Waals surface area contributed by atoms with Gasteiger partial charge in [0.1, 0.15) is 0 Å². The lowest BCUT2D eigenvalue weighted by Crippen LogP contribution is -2.22. The van der Waals surface area contributed by atoms with Crippen molar-refractivity contribution >= 4 is 29.1 Å². The maximum absolute atomic E-state index is 6.21. The van der Waals surface area contributed by atoms with Gasteiger partial charge < -0.3 is 16.4 Å². The van der Waals surface area contributed by atoms with Crippen LogP contribution in [0.15, 0.2) is 102 Å². The summed E-state index contributed by atoms with van der Waals surface area (Å²) in [6.45, 7) is 0. The van der Waals surface area contributed by atoms with Crippen molar-refractivity contribution in [1.82, 2.24) is 20.2 Å². The quantitative estimate of drug-likeness (QED) is 0.223. The molecule has 0 radical (unpaired) electrons. The summed E-state index contributed by atoms with van der Waals surface area (Å²) in [6, 6.07) is 29.6. The maximum Gasteiger partial charge on any atom is 0.227 e. The lowest BCUT2D eigenvalue weighted by atomic mass is 9.90. The number of nitrogens with zero attached hydrogens (tertiary/aromatic N) is 5. The SMILES string of the molecule is NC(=Nc1ccc(-c2ccccc2)nn1)Nc1ccccc1Nc1ncc2c(n1)-c1ccccc1CC2. The molecule has 0 amide bonds. The number of fused-ring (bicyclic) bond motifs is 3. The van der Waals surface area contributed by atoms with E-state index < -0.39 is 0 Å². The highest BCUT2D eigenvalue weighted by atomic mass is 15.2. The van der Waals surface area contributed by atoms with Crippen molar-refractivity contribution in [3.05, 3.63) is 108 Å². The normalized spacial score (nSPS) is 12.4. The molecule has 0 atom stereocenters. The monoisotopic (exact) mass is 484 g/mol. The van der Waals surface area contributed by atoms with E-state index >= 15 is 0 Å². The van der Waals surface area contributed by atoms with Crippen LogP contribution in [0, 0.1) is 0 Å². The van der Waals surface area contributed by atoms with Crippen LogP contribution < -0.4 is 16.4 Å². The summed E-state index contributed by atoms with van der Waals surface area (Å²) in [6.07, 6.45) is 3.85. The topological polar surface area (TPSA) is 114 Å². The Morgan fingerprint density at radius 3 is 2.35 bits per heavy atom. The molecule has 8 heteroatoms. The molecular weight excluding hydrogens is 460 g/mol. The number of hydrogen-bond donors (Lipinski definition) is 3. The molecule has 0 saturated heterocycles. The van der Waals surface area contributed by atoms with E-state index in [4.69, 9.17) is 10.7 Å². The Bertz CT molecular complexity index is 1580. The molecule has 6 rings (SSSR count). The second-order valence-corrected chi connectivity index (χ2v) is 8.66. The van der Waals surface area contributed by atoms with Gasteiger partial charge in [-0.3, -0.25) is 0 Å². The zero-order valence-corrected chi connectivity index (χ0v) is 20.0. The van der Waals surface area contributed by atoms with E-state index in [-0.39, 0.29) is 5.96 Å². The fraction of sp³-hybridized carbons (Fsp3) is 0.0690. The second-order valence-electron chi connectivity index (χ2n) is 8.66. The average Bonchev–Trinajstić information content (AvgIpc) is 2.95. The second kappa shape index (κ2) is 9.87. The van der Waals surface area contributed by atoms with Crippen molar-refractivity contribution < 1.29 is 0 Å². The van der Waals surface area contributed by atoms with E-state index in [0.29, 0.717) is 11.8 Å². The molecule has 1 aliphatic carbocycles. The third-order valence-electron chi connectivity index (χ3n) is 6.19. The molecule has 0 unspecified atom stereocenters. The van der Waals surface area contributed by atoms with Crippen molar-refractivity contribution in [2.75, 3.05) is 10.6 Å². The van der Waals surface area contributed by atoms with E-state index in [0.717, 1.165) is 52.3 Å². The summed E-state index contributed by atoms with van der Waals surface area (Å²) < 4.78 is 0. The first-order chi connectivity index (χ1) is 18.2. The van der Waals surface area contributed by atoms with E-state index in [1.54, 1.807) is 6.07 Å². The predicted octanol–water partition coefficient (Wildman–Crippen LogP) is 5.50. The summed E-state index contributed by atoms with van der Waals surface area (Å²) in [4.78, 5) is 13.8. The molecule has 0 saturated carbocycles. The van der Waals surface area contributed by atoms with Crippen LogP contribution in [0.4, 0.5) is 23.1 Å². The van der Waals surface area contributed by atoms with Crippen LogP contribution in [0.3, 0.4) is 0 Å². The molecule has 4 N–H and O–H groups in total. The molecule has 8 nitrogen and oxygen atoms in total. The van der Waals surface area contributed by atoms with Crippen LogP contribution in [-0.4, -0.2) is 26.1 Å². The van der Waals surface area contributed by atoms with E-state index in [1.165, 1.54) is 5.56 Å². The zero-order valence-electron chi connectivity index (χ0n) is 20.0. The fourth-order valence-electron chi connectivity index (χ4n) is 4.38. The van der Waals surface area contributed by atoms with E-state index in [9.17, 15) is 0 Å². The molecule has 0 fully saturated rings. The molecule has 5 aromatic rings. The van der Waals surface area contributed by atoms with Crippen LogP contribution in [0.1, 0.15) is 11.1 Å². The molecule has 2 aromatic heterocycles. The predicted molar refractivity (Wildman–Crippen MR) is 147 cm³/mol. The number of rotatable bonds is 5. The Labute approximate surface area is 214 Å². The molecule has 1 aliphatic rings. The van der Waals surface area contributed by atoms with Gasteiger partial charge in [-0.25, -0.2) is 9.97 Å². The first kappa shape index (κ1) is 22.4. The third-order valence-corrected chi connectivity index (χ3v) is 6.19. The standard InChI is InChI=1S/C29H24N8/c30-28(34-26-17-16-23(36-37-26)20-9-2-1-3-10-20)32-24-12-6-7-13-25(24)33-29-31-18-21-15-14-19-8-4-5-11-22(19)27(21)35-29/h1-13,16-18H,14-15H2,(H,31,33,35)(H3,30,32,34,37). The van der Waals surface area contributed by atoms with Gasteiger partial charge >= 0.3 is 0 Å². The summed E-state index contributed by atoms with van der Waals surface area (Å²) in [5.41, 5.74) is 14.1. The van der Waals surface area contributed by atoms with Crippen molar-refractivity contribution in [2.45, 2.75) is 12.8 Å². The largest absolute Gasteiger partial charge is 0.369 e. The lowest BCUT2D eigenvalue weighted by Gasteiger charge is -2.19. The molecule has 0 aliphatic heterocycles. The third kappa shape index (κ3) is 4.85. The van der Waals surface area contributed by atoms with Gasteiger partial charge in [0.2, 0.25) is 5.95 Å². The van der Waals surface area contributed by atoms with Crippen LogP contribution in [-0.2, 0) is 12.8 Å². The molecular formula is C29H24N8.